The summed E-state index contributed by atoms with van der Waals surface area (Å²) in [6.07, 6.45) is 6.15. The molecule has 2 unspecified atom stereocenters. The zero-order valence-electron chi connectivity index (χ0n) is 21.4. The summed E-state index contributed by atoms with van der Waals surface area (Å²) >= 11 is 0. The number of fused-ring (bicyclic) bond motifs is 4. The highest BCUT2D eigenvalue weighted by atomic mass is 16.5. The molecule has 0 radical (unpaired) electrons. The molecule has 5 N–H and O–H groups in total. The van der Waals surface area contributed by atoms with Crippen LogP contribution in [0.1, 0.15) is 61.8 Å². The molecule has 1 saturated heterocycles. The Bertz CT molecular complexity index is 1080. The lowest BCUT2D eigenvalue weighted by Crippen LogP contribution is -2.42. The lowest BCUT2D eigenvalue weighted by Gasteiger charge is -2.33. The van der Waals surface area contributed by atoms with E-state index < -0.39 is 6.04 Å². The predicted molar refractivity (Wildman–Crippen MR) is 136 cm³/mol. The Morgan fingerprint density at radius 1 is 1.19 bits per heavy atom. The standard InChI is InChI=1S/C24H31N5O4.C2H5NO/c1-16-4-5-20-11-18(16)12-25-24(32)23(19-13-26-27-14-19)28-21(30)6-7-22(31)29-9-2-3-17(15-29)8-10-33-20;1-2(3)4/h4-5,11,13-14,17,23H,2-3,6-10,12,15H2,1H3,(H,25,32)(H,26,27)(H,28,30);1H3,(H2,3,4). The van der Waals surface area contributed by atoms with E-state index in [2.05, 4.69) is 26.6 Å². The second-order valence-corrected chi connectivity index (χ2v) is 9.43. The van der Waals surface area contributed by atoms with Crippen LogP contribution < -0.4 is 21.1 Å². The number of carbonyl (C=O) groups excluding carboxylic acids is 4. The van der Waals surface area contributed by atoms with E-state index in [0.717, 1.165) is 42.7 Å². The van der Waals surface area contributed by atoms with Gasteiger partial charge in [0.2, 0.25) is 23.6 Å². The quantitative estimate of drug-likeness (QED) is 0.453. The first-order valence-electron chi connectivity index (χ1n) is 12.5. The highest BCUT2D eigenvalue weighted by Crippen LogP contribution is 2.23. The number of primary amides is 1. The SMILES string of the molecule is CC(N)=O.Cc1ccc2cc1CNC(=O)C(c1cn[nH]c1)NC(=O)CCC(=O)N1CCCC(CCO2)C1. The molecule has 4 rings (SSSR count). The van der Waals surface area contributed by atoms with Gasteiger partial charge in [-0.15, -0.1) is 0 Å². The molecule has 2 aromatic rings. The number of amides is 4. The van der Waals surface area contributed by atoms with Gasteiger partial charge in [-0.1, -0.05) is 6.07 Å². The average Bonchev–Trinajstić information content (AvgIpc) is 3.40. The third-order valence-electron chi connectivity index (χ3n) is 6.43. The van der Waals surface area contributed by atoms with E-state index in [0.29, 0.717) is 31.2 Å². The van der Waals surface area contributed by atoms with E-state index in [1.54, 1.807) is 6.20 Å². The minimum atomic E-state index is -0.899. The molecular weight excluding hydrogens is 476 g/mol. The van der Waals surface area contributed by atoms with Gasteiger partial charge in [0.25, 0.3) is 0 Å². The smallest absolute Gasteiger partial charge is 0.247 e. The van der Waals surface area contributed by atoms with Crippen molar-refractivity contribution >= 4 is 23.6 Å². The van der Waals surface area contributed by atoms with Gasteiger partial charge >= 0.3 is 0 Å². The molecule has 0 spiro atoms. The topological polar surface area (TPSA) is 160 Å². The molecule has 11 nitrogen and oxygen atoms in total. The van der Waals surface area contributed by atoms with Crippen LogP contribution in [0, 0.1) is 12.8 Å². The predicted octanol–water partition coefficient (Wildman–Crippen LogP) is 1.48. The van der Waals surface area contributed by atoms with Gasteiger partial charge in [0, 0.05) is 51.2 Å². The van der Waals surface area contributed by atoms with Crippen LogP contribution in [0.5, 0.6) is 5.75 Å². The molecule has 4 amide bonds. The van der Waals surface area contributed by atoms with E-state index in [9.17, 15) is 19.2 Å². The molecule has 11 heteroatoms. The first kappa shape index (κ1) is 27.7. The highest BCUT2D eigenvalue weighted by molar-refractivity contribution is 5.90. The monoisotopic (exact) mass is 512 g/mol. The number of nitrogens with two attached hydrogens (primary N) is 1. The number of ether oxygens (including phenoxy) is 1. The maximum atomic E-state index is 13.0. The number of piperidine rings is 1. The molecule has 0 saturated carbocycles. The second kappa shape index (κ2) is 13.4. The number of aromatic nitrogens is 2. The Morgan fingerprint density at radius 3 is 2.70 bits per heavy atom. The fourth-order valence-corrected chi connectivity index (χ4v) is 4.41. The molecule has 1 aromatic carbocycles. The number of benzene rings is 1. The summed E-state index contributed by atoms with van der Waals surface area (Å²) < 4.78 is 6.00. The average molecular weight is 513 g/mol. The Balaban J connectivity index is 0.000000886. The normalized spacial score (nSPS) is 21.2. The third kappa shape index (κ3) is 8.62. The lowest BCUT2D eigenvalue weighted by atomic mass is 9.95. The Hall–Kier alpha value is -3.89. The Kier molecular flexibility index (Phi) is 10.0. The molecule has 1 fully saturated rings. The van der Waals surface area contributed by atoms with Crippen molar-refractivity contribution in [1.29, 1.82) is 0 Å². The van der Waals surface area contributed by atoms with Crippen molar-refractivity contribution in [2.45, 2.75) is 58.5 Å². The van der Waals surface area contributed by atoms with Crippen molar-refractivity contribution in [2.24, 2.45) is 11.7 Å². The Morgan fingerprint density at radius 2 is 1.97 bits per heavy atom. The van der Waals surface area contributed by atoms with E-state index in [-0.39, 0.29) is 36.5 Å². The summed E-state index contributed by atoms with van der Waals surface area (Å²) in [5, 5.41) is 12.3. The van der Waals surface area contributed by atoms with Crippen molar-refractivity contribution in [3.8, 4) is 5.75 Å². The van der Waals surface area contributed by atoms with E-state index in [1.807, 2.05) is 30.0 Å². The first-order valence-corrected chi connectivity index (χ1v) is 12.5. The number of H-pyrrole nitrogens is 1. The number of aromatic amines is 1. The van der Waals surface area contributed by atoms with Gasteiger partial charge in [-0.2, -0.15) is 5.10 Å². The van der Waals surface area contributed by atoms with Gasteiger partial charge in [0.05, 0.1) is 12.8 Å². The van der Waals surface area contributed by atoms with Gasteiger partial charge in [0.15, 0.2) is 0 Å². The number of rotatable bonds is 1. The lowest BCUT2D eigenvalue weighted by molar-refractivity contribution is -0.135. The number of hydrogen-bond acceptors (Lipinski definition) is 6. The van der Waals surface area contributed by atoms with Gasteiger partial charge in [-0.25, -0.2) is 0 Å². The minimum absolute atomic E-state index is 0.0237. The van der Waals surface area contributed by atoms with Crippen molar-refractivity contribution in [3.63, 3.8) is 0 Å². The molecule has 200 valence electrons. The maximum Gasteiger partial charge on any atom is 0.247 e. The van der Waals surface area contributed by atoms with Crippen molar-refractivity contribution in [3.05, 3.63) is 47.3 Å². The van der Waals surface area contributed by atoms with Crippen LogP contribution in [-0.4, -0.2) is 58.4 Å². The number of aryl methyl sites for hydroxylation is 1. The molecule has 0 aliphatic carbocycles. The number of carbonyl (C=O) groups is 4. The molecule has 37 heavy (non-hydrogen) atoms. The van der Waals surface area contributed by atoms with E-state index in [4.69, 9.17) is 4.74 Å². The number of hydrogen-bond donors (Lipinski definition) is 4. The molecule has 1 aromatic heterocycles. The highest BCUT2D eigenvalue weighted by Gasteiger charge is 2.26. The van der Waals surface area contributed by atoms with Gasteiger partial charge in [0.1, 0.15) is 11.8 Å². The van der Waals surface area contributed by atoms with Crippen LogP contribution in [0.2, 0.25) is 0 Å². The summed E-state index contributed by atoms with van der Waals surface area (Å²) in [4.78, 5) is 49.4. The summed E-state index contributed by atoms with van der Waals surface area (Å²) in [5.74, 6) is 0.108. The maximum absolute atomic E-state index is 13.0. The second-order valence-electron chi connectivity index (χ2n) is 9.43. The van der Waals surface area contributed by atoms with Gasteiger partial charge in [-0.3, -0.25) is 24.3 Å². The number of nitrogens with one attached hydrogen (secondary N) is 3. The van der Waals surface area contributed by atoms with Crippen LogP contribution in [0.4, 0.5) is 0 Å². The van der Waals surface area contributed by atoms with Crippen LogP contribution in [0.3, 0.4) is 0 Å². The van der Waals surface area contributed by atoms with Crippen molar-refractivity contribution in [1.82, 2.24) is 25.7 Å². The van der Waals surface area contributed by atoms with Crippen molar-refractivity contribution < 1.29 is 23.9 Å². The minimum Gasteiger partial charge on any atom is -0.494 e. The summed E-state index contributed by atoms with van der Waals surface area (Å²) in [5.41, 5.74) is 7.02. The fourth-order valence-electron chi connectivity index (χ4n) is 4.41. The Labute approximate surface area is 216 Å². The summed E-state index contributed by atoms with van der Waals surface area (Å²) in [6, 6.07) is 4.96. The van der Waals surface area contributed by atoms with E-state index >= 15 is 0 Å². The molecular formula is C26H36N6O5. The van der Waals surface area contributed by atoms with Crippen LogP contribution in [0.15, 0.2) is 30.6 Å². The van der Waals surface area contributed by atoms with Crippen LogP contribution in [0.25, 0.3) is 0 Å². The molecule has 2 aliphatic heterocycles. The molecule has 2 aliphatic rings. The fraction of sp³-hybridized carbons (Fsp3) is 0.500. The molecule has 4 bridgehead atoms. The van der Waals surface area contributed by atoms with Crippen molar-refractivity contribution in [2.75, 3.05) is 19.7 Å². The van der Waals surface area contributed by atoms with Gasteiger partial charge in [-0.05, 0) is 55.4 Å². The molecule has 2 atom stereocenters. The largest absolute Gasteiger partial charge is 0.494 e. The zero-order chi connectivity index (χ0) is 26.8. The first-order chi connectivity index (χ1) is 17.7. The summed E-state index contributed by atoms with van der Waals surface area (Å²) in [7, 11) is 0. The van der Waals surface area contributed by atoms with Crippen LogP contribution >= 0.6 is 0 Å². The molecule has 3 heterocycles. The van der Waals surface area contributed by atoms with Crippen LogP contribution in [-0.2, 0) is 25.7 Å². The number of nitrogens with zero attached hydrogens (tertiary/aromatic N) is 2. The van der Waals surface area contributed by atoms with E-state index in [1.165, 1.54) is 13.1 Å². The summed E-state index contributed by atoms with van der Waals surface area (Å²) in [6.45, 7) is 5.59. The zero-order valence-corrected chi connectivity index (χ0v) is 21.4. The third-order valence-corrected chi connectivity index (χ3v) is 6.43. The van der Waals surface area contributed by atoms with Gasteiger partial charge < -0.3 is 26.0 Å².